The number of fused-ring (bicyclic) bond motifs is 1. The van der Waals surface area contributed by atoms with Crippen molar-refractivity contribution < 1.29 is 0 Å². The summed E-state index contributed by atoms with van der Waals surface area (Å²) in [6, 6.07) is 0. The maximum absolute atomic E-state index is 2.52. The molecule has 0 radical (unpaired) electrons. The fraction of sp³-hybridized carbons (Fsp3) is 1.00. The van der Waals surface area contributed by atoms with Crippen LogP contribution in [0.25, 0.3) is 0 Å². The number of hydrogen-bond acceptors (Lipinski definition) is 0. The van der Waals surface area contributed by atoms with Crippen molar-refractivity contribution in [2.75, 3.05) is 0 Å². The van der Waals surface area contributed by atoms with E-state index < -0.39 is 0 Å². The van der Waals surface area contributed by atoms with Gasteiger partial charge in [0.15, 0.2) is 0 Å². The lowest BCUT2D eigenvalue weighted by Gasteiger charge is -2.44. The van der Waals surface area contributed by atoms with Gasteiger partial charge in [-0.3, -0.25) is 0 Å². The van der Waals surface area contributed by atoms with Gasteiger partial charge in [0.25, 0.3) is 0 Å². The van der Waals surface area contributed by atoms with Crippen molar-refractivity contribution in [2.24, 2.45) is 23.7 Å². The Hall–Kier alpha value is 0. The quantitative estimate of drug-likeness (QED) is 0.580. The van der Waals surface area contributed by atoms with E-state index >= 15 is 0 Å². The average molecular weight is 224 g/mol. The molecule has 0 amide bonds. The molecule has 0 heteroatoms. The first-order valence-electron chi connectivity index (χ1n) is 7.33. The van der Waals surface area contributed by atoms with E-state index in [0.717, 1.165) is 23.7 Å². The molecule has 0 aromatic rings. The molecule has 4 unspecified atom stereocenters. The highest BCUT2D eigenvalue weighted by Gasteiger charge is 2.36. The molecule has 4 atom stereocenters. The summed E-state index contributed by atoms with van der Waals surface area (Å²) in [4.78, 5) is 0. The van der Waals surface area contributed by atoms with Crippen LogP contribution in [-0.4, -0.2) is 0 Å². The molecule has 0 N–H and O–H groups in total. The Bertz CT molecular complexity index is 182. The van der Waals surface area contributed by atoms with E-state index in [1.165, 1.54) is 32.1 Å². The van der Waals surface area contributed by atoms with E-state index in [9.17, 15) is 0 Å². The molecule has 0 bridgehead atoms. The number of rotatable bonds is 3. The van der Waals surface area contributed by atoms with Crippen LogP contribution in [-0.2, 0) is 0 Å². The Labute approximate surface area is 103 Å². The smallest absolute Gasteiger partial charge is 0.0355 e. The summed E-state index contributed by atoms with van der Waals surface area (Å²) in [5, 5.41) is 0. The van der Waals surface area contributed by atoms with Crippen molar-refractivity contribution >= 4 is 0 Å². The first-order valence-corrected chi connectivity index (χ1v) is 7.33. The summed E-state index contributed by atoms with van der Waals surface area (Å²) >= 11 is 0. The van der Waals surface area contributed by atoms with Crippen molar-refractivity contribution in [3.8, 4) is 0 Å². The molecule has 0 nitrogen and oxygen atoms in total. The second kappa shape index (κ2) is 6.67. The van der Waals surface area contributed by atoms with Crippen LogP contribution >= 0.6 is 0 Å². The lowest BCUT2D eigenvalue weighted by atomic mass is 9.62. The van der Waals surface area contributed by atoms with E-state index in [-0.39, 0.29) is 7.43 Å². The Balaban J connectivity index is 0.00000128. The van der Waals surface area contributed by atoms with Crippen LogP contribution in [0.15, 0.2) is 0 Å². The van der Waals surface area contributed by atoms with E-state index in [4.69, 9.17) is 0 Å². The lowest BCUT2D eigenvalue weighted by molar-refractivity contribution is 0.0663. The number of hydrogen-bond donors (Lipinski definition) is 0. The first-order chi connectivity index (χ1) is 7.33. The molecule has 0 aromatic carbocycles. The van der Waals surface area contributed by atoms with Crippen LogP contribution in [0.1, 0.15) is 79.1 Å². The third-order valence-electron chi connectivity index (χ3n) is 5.11. The van der Waals surface area contributed by atoms with Crippen LogP contribution in [0.2, 0.25) is 0 Å². The highest BCUT2D eigenvalue weighted by Crippen LogP contribution is 2.47. The van der Waals surface area contributed by atoms with Crippen molar-refractivity contribution in [1.29, 1.82) is 0 Å². The van der Waals surface area contributed by atoms with Gasteiger partial charge in [0.1, 0.15) is 0 Å². The summed E-state index contributed by atoms with van der Waals surface area (Å²) in [5.41, 5.74) is 0. The Kier molecular flexibility index (Phi) is 5.86. The highest BCUT2D eigenvalue weighted by molar-refractivity contribution is 4.87. The summed E-state index contributed by atoms with van der Waals surface area (Å²) in [6.45, 7) is 4.86. The predicted octanol–water partition coefficient (Wildman–Crippen LogP) is 5.67. The minimum absolute atomic E-state index is 0. The lowest BCUT2D eigenvalue weighted by Crippen LogP contribution is -2.34. The van der Waals surface area contributed by atoms with Gasteiger partial charge >= 0.3 is 0 Å². The maximum Gasteiger partial charge on any atom is -0.0355 e. The second-order valence-electron chi connectivity index (χ2n) is 6.07. The van der Waals surface area contributed by atoms with Crippen molar-refractivity contribution in [3.05, 3.63) is 0 Å². The molecular formula is C16H32. The summed E-state index contributed by atoms with van der Waals surface area (Å²) in [7, 11) is 0. The minimum Gasteiger partial charge on any atom is -0.0776 e. The molecule has 96 valence electrons. The van der Waals surface area contributed by atoms with Crippen LogP contribution in [0, 0.1) is 23.7 Å². The average Bonchev–Trinajstić information content (AvgIpc) is 2.28. The van der Waals surface area contributed by atoms with Crippen LogP contribution in [0.4, 0.5) is 0 Å². The fourth-order valence-corrected chi connectivity index (χ4v) is 4.36. The van der Waals surface area contributed by atoms with Gasteiger partial charge < -0.3 is 0 Å². The summed E-state index contributed by atoms with van der Waals surface area (Å²) in [5.74, 6) is 4.33. The normalized spacial score (nSPS) is 36.0. The Morgan fingerprint density at radius 1 is 1.00 bits per heavy atom. The SMILES string of the molecule is C.CCCC(C)C1CCCC2CCCCC21. The fourth-order valence-electron chi connectivity index (χ4n) is 4.36. The summed E-state index contributed by atoms with van der Waals surface area (Å²) in [6.07, 6.45) is 13.6. The van der Waals surface area contributed by atoms with Crippen LogP contribution in [0.3, 0.4) is 0 Å². The van der Waals surface area contributed by atoms with Gasteiger partial charge in [-0.2, -0.15) is 0 Å². The molecule has 2 aliphatic rings. The molecule has 16 heavy (non-hydrogen) atoms. The standard InChI is InChI=1S/C15H28.CH4/c1-3-7-12(2)14-11-6-9-13-8-4-5-10-15(13)14;/h12-15H,3-11H2,1-2H3;1H4. The zero-order valence-corrected chi connectivity index (χ0v) is 10.7. The minimum atomic E-state index is 0. The Morgan fingerprint density at radius 3 is 2.44 bits per heavy atom. The predicted molar refractivity (Wildman–Crippen MR) is 73.6 cm³/mol. The molecule has 2 saturated carbocycles. The zero-order valence-electron chi connectivity index (χ0n) is 10.7. The van der Waals surface area contributed by atoms with E-state index in [2.05, 4.69) is 13.8 Å². The van der Waals surface area contributed by atoms with Gasteiger partial charge in [-0.1, -0.05) is 66.2 Å². The third kappa shape index (κ3) is 3.02. The largest absolute Gasteiger partial charge is 0.0776 e. The monoisotopic (exact) mass is 224 g/mol. The van der Waals surface area contributed by atoms with Gasteiger partial charge in [-0.15, -0.1) is 0 Å². The zero-order chi connectivity index (χ0) is 10.7. The topological polar surface area (TPSA) is 0 Å². The molecule has 0 saturated heterocycles. The third-order valence-corrected chi connectivity index (χ3v) is 5.11. The maximum atomic E-state index is 2.52. The van der Waals surface area contributed by atoms with Crippen LogP contribution < -0.4 is 0 Å². The summed E-state index contributed by atoms with van der Waals surface area (Å²) < 4.78 is 0. The van der Waals surface area contributed by atoms with E-state index in [1.54, 1.807) is 25.7 Å². The molecule has 0 spiro atoms. The van der Waals surface area contributed by atoms with Gasteiger partial charge in [0.05, 0.1) is 0 Å². The van der Waals surface area contributed by atoms with Gasteiger partial charge in [-0.05, 0) is 36.5 Å². The van der Waals surface area contributed by atoms with Gasteiger partial charge in [0.2, 0.25) is 0 Å². The van der Waals surface area contributed by atoms with Gasteiger partial charge in [0, 0.05) is 0 Å². The molecule has 0 heterocycles. The molecule has 2 fully saturated rings. The first kappa shape index (κ1) is 14.1. The van der Waals surface area contributed by atoms with Gasteiger partial charge in [-0.25, -0.2) is 0 Å². The molecule has 2 aliphatic carbocycles. The van der Waals surface area contributed by atoms with Crippen molar-refractivity contribution in [1.82, 2.24) is 0 Å². The van der Waals surface area contributed by atoms with Crippen molar-refractivity contribution in [2.45, 2.75) is 79.1 Å². The molecule has 0 aromatic heterocycles. The molecule has 2 rings (SSSR count). The molecule has 0 aliphatic heterocycles. The molecular weight excluding hydrogens is 192 g/mol. The van der Waals surface area contributed by atoms with Crippen LogP contribution in [0.5, 0.6) is 0 Å². The van der Waals surface area contributed by atoms with E-state index in [1.807, 2.05) is 0 Å². The highest BCUT2D eigenvalue weighted by atomic mass is 14.4. The second-order valence-corrected chi connectivity index (χ2v) is 6.07. The van der Waals surface area contributed by atoms with E-state index in [0.29, 0.717) is 0 Å². The van der Waals surface area contributed by atoms with Crippen molar-refractivity contribution in [3.63, 3.8) is 0 Å². The Morgan fingerprint density at radius 2 is 1.69 bits per heavy atom.